The summed E-state index contributed by atoms with van der Waals surface area (Å²) in [5.41, 5.74) is 0.998. The van der Waals surface area contributed by atoms with Gasteiger partial charge < -0.3 is 0 Å². The number of hydrogen-bond donors (Lipinski definition) is 1. The summed E-state index contributed by atoms with van der Waals surface area (Å²) >= 11 is 4.24. The highest BCUT2D eigenvalue weighted by Gasteiger charge is 2.06. The third kappa shape index (κ3) is 1.99. The van der Waals surface area contributed by atoms with Gasteiger partial charge in [-0.3, -0.25) is 4.68 Å². The number of nitrogens with zero attached hydrogens (tertiary/aromatic N) is 3. The van der Waals surface area contributed by atoms with Crippen molar-refractivity contribution in [3.63, 3.8) is 0 Å². The van der Waals surface area contributed by atoms with Crippen LogP contribution in [0.3, 0.4) is 0 Å². The first-order chi connectivity index (χ1) is 5.24. The molecule has 1 unspecified atom stereocenters. The molecule has 0 aliphatic rings. The minimum absolute atomic E-state index is 0.00583. The monoisotopic (exact) mass is 167 g/mol. The topological polar surface area (TPSA) is 41.6 Å². The van der Waals surface area contributed by atoms with Crippen LogP contribution in [0.5, 0.6) is 0 Å². The molecule has 0 bridgehead atoms. The molecular weight excluding hydrogens is 158 g/mol. The van der Waals surface area contributed by atoms with Crippen LogP contribution in [0.25, 0.3) is 0 Å². The van der Waals surface area contributed by atoms with Crippen molar-refractivity contribution in [2.75, 3.05) is 0 Å². The second-order valence-electron chi connectivity index (χ2n) is 2.33. The second-order valence-corrected chi connectivity index (χ2v) is 2.95. The van der Waals surface area contributed by atoms with Gasteiger partial charge in [0.05, 0.1) is 18.7 Å². The van der Waals surface area contributed by atoms with E-state index in [-0.39, 0.29) is 5.25 Å². The molecule has 1 aromatic heterocycles. The number of hydrogen-bond acceptors (Lipinski definition) is 3. The Morgan fingerprint density at radius 3 is 3.09 bits per heavy atom. The largest absolute Gasteiger partial charge is 0.276 e. The third-order valence-corrected chi connectivity index (χ3v) is 1.87. The highest BCUT2D eigenvalue weighted by atomic mass is 32.1. The first-order valence-electron chi connectivity index (χ1n) is 3.27. The summed E-state index contributed by atoms with van der Waals surface area (Å²) < 4.78 is 1.70. The summed E-state index contributed by atoms with van der Waals surface area (Å²) in [6, 6.07) is 2.06. The zero-order chi connectivity index (χ0) is 8.27. The molecule has 3 nitrogen and oxygen atoms in total. The SMILES string of the molecule is Cn1cc(C(S)CC#N)cn1. The van der Waals surface area contributed by atoms with Crippen LogP contribution >= 0.6 is 12.6 Å². The summed E-state index contributed by atoms with van der Waals surface area (Å²) in [4.78, 5) is 0. The van der Waals surface area contributed by atoms with Gasteiger partial charge in [-0.2, -0.15) is 23.0 Å². The van der Waals surface area contributed by atoms with E-state index in [0.717, 1.165) is 5.56 Å². The molecule has 0 fully saturated rings. The third-order valence-electron chi connectivity index (χ3n) is 1.39. The van der Waals surface area contributed by atoms with Gasteiger partial charge in [0.15, 0.2) is 0 Å². The molecule has 0 amide bonds. The molecule has 1 aromatic rings. The zero-order valence-electron chi connectivity index (χ0n) is 6.23. The van der Waals surface area contributed by atoms with E-state index in [1.54, 1.807) is 10.9 Å². The standard InChI is InChI=1S/C7H9N3S/c1-10-5-6(4-9-10)7(11)2-3-8/h4-5,7,11H,2H2,1H3. The Hall–Kier alpha value is -0.950. The van der Waals surface area contributed by atoms with Crippen LogP contribution in [-0.2, 0) is 7.05 Å². The van der Waals surface area contributed by atoms with Crippen LogP contribution in [0.4, 0.5) is 0 Å². The minimum Gasteiger partial charge on any atom is -0.276 e. The van der Waals surface area contributed by atoms with E-state index in [9.17, 15) is 0 Å². The molecule has 0 aliphatic heterocycles. The van der Waals surface area contributed by atoms with E-state index >= 15 is 0 Å². The first kappa shape index (κ1) is 8.15. The lowest BCUT2D eigenvalue weighted by Crippen LogP contribution is -1.87. The molecule has 11 heavy (non-hydrogen) atoms. The van der Waals surface area contributed by atoms with E-state index in [1.165, 1.54) is 0 Å². The molecule has 0 N–H and O–H groups in total. The summed E-state index contributed by atoms with van der Waals surface area (Å²) in [5, 5.41) is 12.4. The van der Waals surface area contributed by atoms with Crippen molar-refractivity contribution in [2.45, 2.75) is 11.7 Å². The molecular formula is C7H9N3S. The molecule has 1 rings (SSSR count). The predicted octanol–water partition coefficient (Wildman–Crippen LogP) is 1.30. The van der Waals surface area contributed by atoms with Crippen LogP contribution in [0.15, 0.2) is 12.4 Å². The highest BCUT2D eigenvalue weighted by molar-refractivity contribution is 7.80. The minimum atomic E-state index is -0.00583. The summed E-state index contributed by atoms with van der Waals surface area (Å²) in [6.07, 6.45) is 4.03. The van der Waals surface area contributed by atoms with Gasteiger partial charge >= 0.3 is 0 Å². The first-order valence-corrected chi connectivity index (χ1v) is 3.79. The van der Waals surface area contributed by atoms with E-state index in [1.807, 2.05) is 13.2 Å². The van der Waals surface area contributed by atoms with E-state index < -0.39 is 0 Å². The number of aromatic nitrogens is 2. The molecule has 4 heteroatoms. The van der Waals surface area contributed by atoms with Crippen LogP contribution in [-0.4, -0.2) is 9.78 Å². The second kappa shape index (κ2) is 3.44. The maximum atomic E-state index is 8.38. The van der Waals surface area contributed by atoms with Crippen molar-refractivity contribution >= 4 is 12.6 Å². The van der Waals surface area contributed by atoms with Crippen molar-refractivity contribution < 1.29 is 0 Å². The van der Waals surface area contributed by atoms with Gasteiger partial charge in [-0.25, -0.2) is 0 Å². The van der Waals surface area contributed by atoms with Crippen LogP contribution in [0.2, 0.25) is 0 Å². The van der Waals surface area contributed by atoms with Gasteiger partial charge in [0, 0.05) is 24.1 Å². The van der Waals surface area contributed by atoms with Gasteiger partial charge in [0.2, 0.25) is 0 Å². The van der Waals surface area contributed by atoms with Crippen LogP contribution < -0.4 is 0 Å². The Kier molecular flexibility index (Phi) is 2.55. The Morgan fingerprint density at radius 2 is 2.64 bits per heavy atom. The normalized spacial score (nSPS) is 12.5. The number of aryl methyl sites for hydroxylation is 1. The van der Waals surface area contributed by atoms with Crippen LogP contribution in [0.1, 0.15) is 17.2 Å². The number of thiol groups is 1. The molecule has 0 aliphatic carbocycles. The van der Waals surface area contributed by atoms with Crippen molar-refractivity contribution in [3.8, 4) is 6.07 Å². The van der Waals surface area contributed by atoms with Gasteiger partial charge in [-0.15, -0.1) is 0 Å². The van der Waals surface area contributed by atoms with Gasteiger partial charge in [0.1, 0.15) is 0 Å². The Labute approximate surface area is 71.0 Å². The lowest BCUT2D eigenvalue weighted by molar-refractivity contribution is 0.766. The molecule has 58 valence electrons. The number of nitriles is 1. The van der Waals surface area contributed by atoms with E-state index in [4.69, 9.17) is 5.26 Å². The van der Waals surface area contributed by atoms with Gasteiger partial charge in [-0.1, -0.05) is 0 Å². The maximum absolute atomic E-state index is 8.38. The summed E-state index contributed by atoms with van der Waals surface area (Å²) in [7, 11) is 1.84. The van der Waals surface area contributed by atoms with Crippen molar-refractivity contribution in [2.24, 2.45) is 7.05 Å². The highest BCUT2D eigenvalue weighted by Crippen LogP contribution is 2.21. The smallest absolute Gasteiger partial charge is 0.0636 e. The Balaban J connectivity index is 2.70. The van der Waals surface area contributed by atoms with Gasteiger partial charge in [0.25, 0.3) is 0 Å². The maximum Gasteiger partial charge on any atom is 0.0636 e. The fraction of sp³-hybridized carbons (Fsp3) is 0.429. The average Bonchev–Trinajstić information content (AvgIpc) is 2.36. The van der Waals surface area contributed by atoms with Crippen LogP contribution in [0, 0.1) is 11.3 Å². The van der Waals surface area contributed by atoms with E-state index in [0.29, 0.717) is 6.42 Å². The Bertz CT molecular complexity index is 273. The fourth-order valence-electron chi connectivity index (χ4n) is 0.817. The van der Waals surface area contributed by atoms with Gasteiger partial charge in [-0.05, 0) is 0 Å². The molecule has 0 saturated heterocycles. The lowest BCUT2D eigenvalue weighted by atomic mass is 10.2. The van der Waals surface area contributed by atoms with Crippen molar-refractivity contribution in [3.05, 3.63) is 18.0 Å². The quantitative estimate of drug-likeness (QED) is 0.675. The fourth-order valence-corrected chi connectivity index (χ4v) is 1.03. The Morgan fingerprint density at radius 1 is 1.91 bits per heavy atom. The molecule has 0 spiro atoms. The van der Waals surface area contributed by atoms with Crippen molar-refractivity contribution in [1.82, 2.24) is 9.78 Å². The average molecular weight is 167 g/mol. The predicted molar refractivity (Wildman–Crippen MR) is 45.2 cm³/mol. The molecule has 0 saturated carbocycles. The lowest BCUT2D eigenvalue weighted by Gasteiger charge is -1.99. The molecule has 1 atom stereocenters. The molecule has 0 radical (unpaired) electrons. The summed E-state index contributed by atoms with van der Waals surface area (Å²) in [5.74, 6) is 0. The molecule has 0 aromatic carbocycles. The number of rotatable bonds is 2. The zero-order valence-corrected chi connectivity index (χ0v) is 7.12. The molecule has 1 heterocycles. The summed E-state index contributed by atoms with van der Waals surface area (Å²) in [6.45, 7) is 0. The van der Waals surface area contributed by atoms with E-state index in [2.05, 4.69) is 23.8 Å². The van der Waals surface area contributed by atoms with Crippen molar-refractivity contribution in [1.29, 1.82) is 5.26 Å².